The van der Waals surface area contributed by atoms with Crippen LogP contribution >= 0.6 is 0 Å². The van der Waals surface area contributed by atoms with Gasteiger partial charge in [-0.15, -0.1) is 13.2 Å². The zero-order chi connectivity index (χ0) is 24.7. The van der Waals surface area contributed by atoms with Crippen molar-refractivity contribution in [2.24, 2.45) is 0 Å². The van der Waals surface area contributed by atoms with Crippen LogP contribution in [0.3, 0.4) is 0 Å². The summed E-state index contributed by atoms with van der Waals surface area (Å²) in [6.45, 7) is 2.20. The summed E-state index contributed by atoms with van der Waals surface area (Å²) in [4.78, 5) is 25.0. The number of amides is 1. The fourth-order valence-electron chi connectivity index (χ4n) is 3.45. The monoisotopic (exact) mass is 471 g/mol. The van der Waals surface area contributed by atoms with E-state index >= 15 is 0 Å². The third kappa shape index (κ3) is 6.84. The second-order valence-corrected chi connectivity index (χ2v) is 7.74. The Hall–Kier alpha value is -3.81. The molecule has 0 fully saturated rings. The minimum absolute atomic E-state index is 0.0853. The van der Waals surface area contributed by atoms with Gasteiger partial charge in [-0.05, 0) is 59.4 Å². The summed E-state index contributed by atoms with van der Waals surface area (Å²) in [5, 5.41) is 9.29. The quantitative estimate of drug-likeness (QED) is 0.397. The number of anilines is 1. The molecule has 0 aliphatic heterocycles. The molecule has 178 valence electrons. The topological polar surface area (TPSA) is 66.8 Å². The van der Waals surface area contributed by atoms with Gasteiger partial charge < -0.3 is 9.84 Å². The van der Waals surface area contributed by atoms with E-state index in [1.54, 1.807) is 24.3 Å². The molecule has 0 bridgehead atoms. The van der Waals surface area contributed by atoms with Gasteiger partial charge in [-0.2, -0.15) is 0 Å². The number of carboxylic acid groups (broad SMARTS) is 1. The first-order valence-electron chi connectivity index (χ1n) is 10.7. The van der Waals surface area contributed by atoms with Crippen LogP contribution in [-0.2, 0) is 22.6 Å². The van der Waals surface area contributed by atoms with Gasteiger partial charge in [0.25, 0.3) is 0 Å². The molecule has 0 aromatic heterocycles. The first-order valence-corrected chi connectivity index (χ1v) is 10.7. The fourth-order valence-corrected chi connectivity index (χ4v) is 3.45. The van der Waals surface area contributed by atoms with Gasteiger partial charge >= 0.3 is 18.2 Å². The lowest BCUT2D eigenvalue weighted by Gasteiger charge is -2.21. The number of nitrogens with zero attached hydrogens (tertiary/aromatic N) is 1. The Labute approximate surface area is 195 Å². The van der Waals surface area contributed by atoms with Crippen LogP contribution in [0.5, 0.6) is 5.75 Å². The normalized spacial score (nSPS) is 11.2. The Bertz CT molecular complexity index is 1110. The average molecular weight is 471 g/mol. The highest BCUT2D eigenvalue weighted by Gasteiger charge is 2.31. The number of hydrogen-bond donors (Lipinski definition) is 1. The lowest BCUT2D eigenvalue weighted by Crippen LogP contribution is -2.36. The van der Waals surface area contributed by atoms with Crippen molar-refractivity contribution in [1.82, 2.24) is 0 Å². The van der Waals surface area contributed by atoms with Gasteiger partial charge in [0.15, 0.2) is 0 Å². The van der Waals surface area contributed by atoms with E-state index in [2.05, 4.69) is 11.7 Å². The molecule has 8 heteroatoms. The molecule has 0 spiro atoms. The van der Waals surface area contributed by atoms with E-state index in [4.69, 9.17) is 0 Å². The maximum absolute atomic E-state index is 12.4. The summed E-state index contributed by atoms with van der Waals surface area (Å²) >= 11 is 0. The molecular formula is C26H24F3NO4. The van der Waals surface area contributed by atoms with E-state index in [9.17, 15) is 27.9 Å². The smallest absolute Gasteiger partial charge is 0.474 e. The minimum atomic E-state index is -4.76. The van der Waals surface area contributed by atoms with Crippen molar-refractivity contribution in [1.29, 1.82) is 0 Å². The van der Waals surface area contributed by atoms with Gasteiger partial charge in [0.1, 0.15) is 5.75 Å². The maximum Gasteiger partial charge on any atom is 0.573 e. The summed E-state index contributed by atoms with van der Waals surface area (Å²) in [6, 6.07) is 19.6. The first-order chi connectivity index (χ1) is 16.2. The van der Waals surface area contributed by atoms with Crippen molar-refractivity contribution in [3.05, 3.63) is 83.9 Å². The lowest BCUT2D eigenvalue weighted by atomic mass is 10.0. The van der Waals surface area contributed by atoms with Crippen LogP contribution < -0.4 is 9.64 Å². The van der Waals surface area contributed by atoms with Gasteiger partial charge in [0.05, 0.1) is 6.54 Å². The largest absolute Gasteiger partial charge is 0.573 e. The second kappa shape index (κ2) is 10.9. The molecule has 0 atom stereocenters. The summed E-state index contributed by atoms with van der Waals surface area (Å²) in [5.41, 5.74) is 3.69. The summed E-state index contributed by atoms with van der Waals surface area (Å²) in [6.07, 6.45) is -1.64. The number of aliphatic carboxylic acids is 1. The number of hydrogen-bond acceptors (Lipinski definition) is 3. The van der Waals surface area contributed by atoms with Crippen molar-refractivity contribution >= 4 is 17.6 Å². The van der Waals surface area contributed by atoms with Crippen LogP contribution in [0.15, 0.2) is 72.8 Å². The van der Waals surface area contributed by atoms with E-state index in [0.29, 0.717) is 16.8 Å². The molecule has 0 saturated carbocycles. The standard InChI is InChI=1S/C26H24F3NO4/c1-2-3-4-18-5-7-19(8-6-18)17-30(24(31)25(32)33)22-13-9-20(10-14-22)21-11-15-23(16-12-21)34-26(27,28)29/h5-16H,2-4,17H2,1H3,(H,32,33). The number of unbranched alkanes of at least 4 members (excludes halogenated alkanes) is 1. The third-order valence-corrected chi connectivity index (χ3v) is 5.21. The van der Waals surface area contributed by atoms with E-state index in [1.807, 2.05) is 24.3 Å². The number of aryl methyl sites for hydroxylation is 1. The van der Waals surface area contributed by atoms with Crippen molar-refractivity contribution in [3.8, 4) is 16.9 Å². The zero-order valence-electron chi connectivity index (χ0n) is 18.5. The molecule has 0 heterocycles. The molecule has 0 radical (unpaired) electrons. The fraction of sp³-hybridized carbons (Fsp3) is 0.231. The summed E-state index contributed by atoms with van der Waals surface area (Å²) in [7, 11) is 0. The molecule has 1 N–H and O–H groups in total. The number of alkyl halides is 3. The van der Waals surface area contributed by atoms with Crippen molar-refractivity contribution in [3.63, 3.8) is 0 Å². The molecule has 3 aromatic rings. The van der Waals surface area contributed by atoms with Crippen LogP contribution in [0.2, 0.25) is 0 Å². The number of carbonyl (C=O) groups excluding carboxylic acids is 1. The number of carboxylic acids is 1. The van der Waals surface area contributed by atoms with Crippen molar-refractivity contribution in [2.45, 2.75) is 39.1 Å². The molecule has 0 saturated heterocycles. The molecule has 5 nitrogen and oxygen atoms in total. The van der Waals surface area contributed by atoms with E-state index in [1.165, 1.54) is 34.7 Å². The summed E-state index contributed by atoms with van der Waals surface area (Å²) < 4.78 is 40.9. The molecule has 0 aliphatic rings. The van der Waals surface area contributed by atoms with Crippen LogP contribution in [0, 0.1) is 0 Å². The molecule has 3 aromatic carbocycles. The predicted molar refractivity (Wildman–Crippen MR) is 122 cm³/mol. The predicted octanol–water partition coefficient (Wildman–Crippen LogP) is 6.21. The van der Waals surface area contributed by atoms with Crippen molar-refractivity contribution < 1.29 is 32.6 Å². The average Bonchev–Trinajstić information content (AvgIpc) is 2.81. The van der Waals surface area contributed by atoms with Gasteiger partial charge in [-0.1, -0.05) is 61.9 Å². The highest BCUT2D eigenvalue weighted by atomic mass is 19.4. The third-order valence-electron chi connectivity index (χ3n) is 5.21. The molecular weight excluding hydrogens is 447 g/mol. The van der Waals surface area contributed by atoms with Crippen LogP contribution in [0.4, 0.5) is 18.9 Å². The van der Waals surface area contributed by atoms with Gasteiger partial charge in [0, 0.05) is 5.69 Å². The number of ether oxygens (including phenoxy) is 1. The number of benzene rings is 3. The van der Waals surface area contributed by atoms with Crippen LogP contribution in [-0.4, -0.2) is 23.3 Å². The van der Waals surface area contributed by atoms with E-state index < -0.39 is 18.2 Å². The Morgan fingerprint density at radius 2 is 1.38 bits per heavy atom. The van der Waals surface area contributed by atoms with Crippen LogP contribution in [0.25, 0.3) is 11.1 Å². The van der Waals surface area contributed by atoms with Gasteiger partial charge in [-0.3, -0.25) is 9.69 Å². The summed E-state index contributed by atoms with van der Waals surface area (Å²) in [5.74, 6) is -2.95. The Morgan fingerprint density at radius 3 is 1.88 bits per heavy atom. The number of rotatable bonds is 8. The van der Waals surface area contributed by atoms with Gasteiger partial charge in [-0.25, -0.2) is 4.79 Å². The van der Waals surface area contributed by atoms with E-state index in [-0.39, 0.29) is 12.3 Å². The molecule has 0 aliphatic carbocycles. The highest BCUT2D eigenvalue weighted by molar-refractivity contribution is 6.37. The highest BCUT2D eigenvalue weighted by Crippen LogP contribution is 2.28. The SMILES string of the molecule is CCCCc1ccc(CN(C(=O)C(=O)O)c2ccc(-c3ccc(OC(F)(F)F)cc3)cc2)cc1. The zero-order valence-corrected chi connectivity index (χ0v) is 18.5. The number of halogens is 3. The molecule has 34 heavy (non-hydrogen) atoms. The Kier molecular flexibility index (Phi) is 7.94. The maximum atomic E-state index is 12.4. The van der Waals surface area contributed by atoms with Gasteiger partial charge in [0.2, 0.25) is 0 Å². The molecule has 0 unspecified atom stereocenters. The van der Waals surface area contributed by atoms with Crippen molar-refractivity contribution in [2.75, 3.05) is 4.90 Å². The van der Waals surface area contributed by atoms with E-state index in [0.717, 1.165) is 24.8 Å². The van der Waals surface area contributed by atoms with Crippen LogP contribution in [0.1, 0.15) is 30.9 Å². The molecule has 3 rings (SSSR count). The Balaban J connectivity index is 1.78. The Morgan fingerprint density at radius 1 is 0.853 bits per heavy atom. The second-order valence-electron chi connectivity index (χ2n) is 7.74. The molecule has 1 amide bonds. The minimum Gasteiger partial charge on any atom is -0.474 e. The first kappa shape index (κ1) is 24.8. The lowest BCUT2D eigenvalue weighted by molar-refractivity contribution is -0.274. The number of carbonyl (C=O) groups is 2.